The maximum absolute atomic E-state index is 12.1. The average Bonchev–Trinajstić information content (AvgIpc) is 3.05. The van der Waals surface area contributed by atoms with Crippen LogP contribution in [0.25, 0.3) is 32.1 Å². The van der Waals surface area contributed by atoms with Gasteiger partial charge in [0, 0.05) is 22.8 Å². The largest absolute Gasteiger partial charge is 0.326 e. The Labute approximate surface area is 131 Å². The first-order valence-electron chi connectivity index (χ1n) is 7.01. The first-order chi connectivity index (χ1) is 10.8. The Hall–Kier alpha value is -2.43. The number of benzene rings is 2. The van der Waals surface area contributed by atoms with E-state index >= 15 is 0 Å². The Kier molecular flexibility index (Phi) is 3.06. The van der Waals surface area contributed by atoms with Gasteiger partial charge in [-0.05, 0) is 40.3 Å². The van der Waals surface area contributed by atoms with Gasteiger partial charge in [0.2, 0.25) is 0 Å². The maximum atomic E-state index is 12.1. The molecule has 0 fully saturated rings. The lowest BCUT2D eigenvalue weighted by molar-refractivity contribution is 1.07. The highest BCUT2D eigenvalue weighted by Crippen LogP contribution is 2.33. The van der Waals surface area contributed by atoms with E-state index in [1.807, 2.05) is 35.7 Å². The van der Waals surface area contributed by atoms with Gasteiger partial charge in [0.05, 0.1) is 0 Å². The zero-order chi connectivity index (χ0) is 15.1. The second kappa shape index (κ2) is 5.09. The summed E-state index contributed by atoms with van der Waals surface area (Å²) in [6.07, 6.45) is 0. The minimum atomic E-state index is -0.0341. The van der Waals surface area contributed by atoms with Crippen molar-refractivity contribution in [1.82, 2.24) is 4.98 Å². The van der Waals surface area contributed by atoms with Gasteiger partial charge in [0.15, 0.2) is 0 Å². The Morgan fingerprint density at radius 1 is 1.14 bits per heavy atom. The monoisotopic (exact) mass is 305 g/mol. The number of thiophene rings is 1. The van der Waals surface area contributed by atoms with E-state index in [0.717, 1.165) is 37.7 Å². The summed E-state index contributed by atoms with van der Waals surface area (Å²) < 4.78 is 0.756. The van der Waals surface area contributed by atoms with Crippen LogP contribution in [0.15, 0.2) is 52.6 Å². The van der Waals surface area contributed by atoms with Crippen LogP contribution in [-0.2, 0) is 6.54 Å². The van der Waals surface area contributed by atoms with Gasteiger partial charge in [-0.15, -0.1) is 11.3 Å². The second-order valence-corrected chi connectivity index (χ2v) is 6.08. The molecule has 2 aromatic carbocycles. The van der Waals surface area contributed by atoms with Gasteiger partial charge >= 0.3 is 0 Å². The van der Waals surface area contributed by atoms with Gasteiger partial charge in [0.1, 0.15) is 4.70 Å². The highest BCUT2D eigenvalue weighted by molar-refractivity contribution is 7.17. The maximum Gasteiger partial charge on any atom is 0.266 e. The molecule has 4 aromatic rings. The summed E-state index contributed by atoms with van der Waals surface area (Å²) in [5.74, 6) is 0. The molecular formula is C18H13N2OS. The molecule has 0 unspecified atom stereocenters. The number of fused-ring (bicyclic) bond motifs is 3. The number of nitrogens with one attached hydrogen (secondary N) is 1. The van der Waals surface area contributed by atoms with Crippen LogP contribution in [-0.4, -0.2) is 4.98 Å². The fraction of sp³-hybridized carbons (Fsp3) is 0.0556. The molecule has 0 aliphatic rings. The van der Waals surface area contributed by atoms with Gasteiger partial charge < -0.3 is 10.7 Å². The van der Waals surface area contributed by atoms with Crippen LogP contribution < -0.4 is 11.3 Å². The lowest BCUT2D eigenvalue weighted by Crippen LogP contribution is -2.04. The summed E-state index contributed by atoms with van der Waals surface area (Å²) in [4.78, 5) is 15.1. The van der Waals surface area contributed by atoms with Crippen LogP contribution in [0.4, 0.5) is 0 Å². The lowest BCUT2D eigenvalue weighted by atomic mass is 9.98. The number of pyridine rings is 1. The minimum Gasteiger partial charge on any atom is -0.326 e. The van der Waals surface area contributed by atoms with Crippen LogP contribution in [0.1, 0.15) is 5.56 Å². The third kappa shape index (κ3) is 1.96. The fourth-order valence-corrected chi connectivity index (χ4v) is 3.57. The molecular weight excluding hydrogens is 292 g/mol. The molecule has 3 N–H and O–H groups in total. The van der Waals surface area contributed by atoms with Crippen LogP contribution in [0.2, 0.25) is 0 Å². The van der Waals surface area contributed by atoms with Crippen LogP contribution >= 0.6 is 11.3 Å². The molecule has 1 radical (unpaired) electrons. The van der Waals surface area contributed by atoms with Crippen molar-refractivity contribution in [2.24, 2.45) is 5.73 Å². The lowest BCUT2D eigenvalue weighted by Gasteiger charge is -2.08. The van der Waals surface area contributed by atoms with Crippen molar-refractivity contribution in [2.45, 2.75) is 6.54 Å². The van der Waals surface area contributed by atoms with Crippen molar-refractivity contribution in [3.63, 3.8) is 0 Å². The van der Waals surface area contributed by atoms with E-state index in [1.54, 1.807) is 0 Å². The number of aromatic amines is 1. The molecule has 107 valence electrons. The van der Waals surface area contributed by atoms with E-state index in [2.05, 4.69) is 23.2 Å². The molecule has 4 heteroatoms. The number of H-pyrrole nitrogens is 1. The number of nitrogens with two attached hydrogens (primary N) is 1. The molecule has 0 saturated heterocycles. The normalized spacial score (nSPS) is 11.3. The molecule has 2 heterocycles. The van der Waals surface area contributed by atoms with Crippen molar-refractivity contribution in [1.29, 1.82) is 0 Å². The Bertz CT molecular complexity index is 1030. The van der Waals surface area contributed by atoms with Gasteiger partial charge in [-0.3, -0.25) is 4.79 Å². The topological polar surface area (TPSA) is 58.9 Å². The Balaban J connectivity index is 2.09. The standard InChI is InChI=1S/C18H13N2OS/c19-10-11-4-6-12(7-5-11)13-2-1-3-15-16(13)14-8-9-22-17(14)18(21)20-15/h1,3-9H,10,19H2,(H,20,21). The highest BCUT2D eigenvalue weighted by Gasteiger charge is 2.11. The van der Waals surface area contributed by atoms with Crippen molar-refractivity contribution < 1.29 is 0 Å². The van der Waals surface area contributed by atoms with Crippen LogP contribution in [0.5, 0.6) is 0 Å². The molecule has 0 saturated carbocycles. The third-order valence-electron chi connectivity index (χ3n) is 3.86. The van der Waals surface area contributed by atoms with E-state index in [9.17, 15) is 4.79 Å². The molecule has 2 aromatic heterocycles. The molecule has 0 bridgehead atoms. The van der Waals surface area contributed by atoms with E-state index in [4.69, 9.17) is 5.73 Å². The Morgan fingerprint density at radius 2 is 1.95 bits per heavy atom. The van der Waals surface area contributed by atoms with Crippen molar-refractivity contribution in [2.75, 3.05) is 0 Å². The summed E-state index contributed by atoms with van der Waals surface area (Å²) in [5.41, 5.74) is 9.63. The van der Waals surface area contributed by atoms with Crippen molar-refractivity contribution >= 4 is 32.3 Å². The van der Waals surface area contributed by atoms with E-state index < -0.39 is 0 Å². The molecule has 0 amide bonds. The predicted molar refractivity (Wildman–Crippen MR) is 92.1 cm³/mol. The van der Waals surface area contributed by atoms with Crippen LogP contribution in [0.3, 0.4) is 0 Å². The molecule has 0 atom stereocenters. The fourth-order valence-electron chi connectivity index (χ4n) is 2.78. The molecule has 3 nitrogen and oxygen atoms in total. The van der Waals surface area contributed by atoms with E-state index in [0.29, 0.717) is 6.54 Å². The quantitative estimate of drug-likeness (QED) is 0.593. The summed E-state index contributed by atoms with van der Waals surface area (Å²) in [6, 6.07) is 17.2. The molecule has 4 rings (SSSR count). The number of hydrogen-bond donors (Lipinski definition) is 2. The highest BCUT2D eigenvalue weighted by atomic mass is 32.1. The zero-order valence-electron chi connectivity index (χ0n) is 11.7. The van der Waals surface area contributed by atoms with Gasteiger partial charge in [-0.2, -0.15) is 0 Å². The van der Waals surface area contributed by atoms with Gasteiger partial charge in [0.25, 0.3) is 5.56 Å². The van der Waals surface area contributed by atoms with Gasteiger partial charge in [-0.1, -0.05) is 30.3 Å². The second-order valence-electron chi connectivity index (χ2n) is 5.16. The number of aromatic nitrogens is 1. The minimum absolute atomic E-state index is 0.0341. The summed E-state index contributed by atoms with van der Waals surface area (Å²) >= 11 is 1.46. The predicted octanol–water partition coefficient (Wildman–Crippen LogP) is 3.67. The average molecular weight is 305 g/mol. The smallest absolute Gasteiger partial charge is 0.266 e. The van der Waals surface area contributed by atoms with Crippen molar-refractivity contribution in [3.05, 3.63) is 69.8 Å². The number of hydrogen-bond acceptors (Lipinski definition) is 3. The summed E-state index contributed by atoms with van der Waals surface area (Å²) in [5, 5.41) is 3.98. The van der Waals surface area contributed by atoms with Gasteiger partial charge in [-0.25, -0.2) is 0 Å². The first kappa shape index (κ1) is 13.2. The summed E-state index contributed by atoms with van der Waals surface area (Å²) in [7, 11) is 0. The molecule has 0 aliphatic heterocycles. The van der Waals surface area contributed by atoms with Crippen molar-refractivity contribution in [3.8, 4) is 11.1 Å². The van der Waals surface area contributed by atoms with E-state index in [1.165, 1.54) is 11.3 Å². The number of rotatable bonds is 2. The zero-order valence-corrected chi connectivity index (χ0v) is 12.5. The first-order valence-corrected chi connectivity index (χ1v) is 7.89. The SMILES string of the molecule is NCc1ccc(-c2[c]ccc3[nH]c(=O)c4sccc4c23)cc1. The molecule has 22 heavy (non-hydrogen) atoms. The summed E-state index contributed by atoms with van der Waals surface area (Å²) in [6.45, 7) is 0.529. The third-order valence-corrected chi connectivity index (χ3v) is 4.78. The molecule has 0 spiro atoms. The molecule has 0 aliphatic carbocycles. The van der Waals surface area contributed by atoms with E-state index in [-0.39, 0.29) is 5.56 Å². The Morgan fingerprint density at radius 3 is 2.73 bits per heavy atom. The van der Waals surface area contributed by atoms with Crippen LogP contribution in [0, 0.1) is 6.07 Å².